The average Bonchev–Trinajstić information content (AvgIpc) is 3.49. The molecule has 2 saturated heterocycles. The topological polar surface area (TPSA) is 63.0 Å². The maximum Gasteiger partial charge on any atom is 0.173 e. The van der Waals surface area contributed by atoms with E-state index in [4.69, 9.17) is 0 Å². The van der Waals surface area contributed by atoms with Gasteiger partial charge in [-0.3, -0.25) is 14.8 Å². The second-order valence-corrected chi connectivity index (χ2v) is 9.46. The Bertz CT molecular complexity index is 1040. The minimum atomic E-state index is 0.0873. The van der Waals surface area contributed by atoms with Crippen LogP contribution in [0.1, 0.15) is 68.4 Å². The number of nitrogens with zero attached hydrogens (tertiary/aromatic N) is 7. The molecule has 3 aliphatic rings. The fourth-order valence-corrected chi connectivity index (χ4v) is 6.00. The number of aromatic nitrogens is 5. The molecule has 31 heavy (non-hydrogen) atoms. The zero-order chi connectivity index (χ0) is 20.6. The van der Waals surface area contributed by atoms with Gasteiger partial charge in [-0.2, -0.15) is 0 Å². The van der Waals surface area contributed by atoms with Gasteiger partial charge in [-0.25, -0.2) is 4.68 Å². The highest BCUT2D eigenvalue weighted by atomic mass is 15.6. The van der Waals surface area contributed by atoms with Gasteiger partial charge in [0.25, 0.3) is 0 Å². The summed E-state index contributed by atoms with van der Waals surface area (Å²) in [6, 6.07) is 12.0. The third-order valence-electron chi connectivity index (χ3n) is 7.61. The van der Waals surface area contributed by atoms with Crippen LogP contribution in [0.5, 0.6) is 0 Å². The van der Waals surface area contributed by atoms with Gasteiger partial charge >= 0.3 is 0 Å². The lowest BCUT2D eigenvalue weighted by Gasteiger charge is -2.41. The number of hydrogen-bond acceptors (Lipinski definition) is 6. The van der Waals surface area contributed by atoms with Crippen molar-refractivity contribution in [3.05, 3.63) is 47.9 Å². The first kappa shape index (κ1) is 19.3. The van der Waals surface area contributed by atoms with E-state index >= 15 is 0 Å². The quantitative estimate of drug-likeness (QED) is 0.646. The predicted octanol–water partition coefficient (Wildman–Crippen LogP) is 3.60. The number of benzene rings is 1. The van der Waals surface area contributed by atoms with Crippen molar-refractivity contribution in [2.24, 2.45) is 0 Å². The molecular weight excluding hydrogens is 386 g/mol. The first-order valence-electron chi connectivity index (χ1n) is 12.0. The van der Waals surface area contributed by atoms with Crippen molar-refractivity contribution in [1.82, 2.24) is 35.0 Å². The summed E-state index contributed by atoms with van der Waals surface area (Å²) in [6.45, 7) is 4.54. The molecule has 0 amide bonds. The SMILES string of the molecule is c1cnc2ccc([C@@H](c3nnnn3C3CCCCC3)N3CCN4CCC[C@@H]4C3)cc2c1. The molecule has 7 nitrogen and oxygen atoms in total. The maximum atomic E-state index is 4.64. The van der Waals surface area contributed by atoms with E-state index in [2.05, 4.69) is 59.3 Å². The molecule has 4 heterocycles. The van der Waals surface area contributed by atoms with Crippen LogP contribution in [-0.4, -0.2) is 67.2 Å². The maximum absolute atomic E-state index is 4.64. The summed E-state index contributed by atoms with van der Waals surface area (Å²) in [5, 5.41) is 14.5. The summed E-state index contributed by atoms with van der Waals surface area (Å²) >= 11 is 0. The molecule has 162 valence electrons. The van der Waals surface area contributed by atoms with Crippen LogP contribution in [0.4, 0.5) is 0 Å². The standard InChI is InChI=1S/C24H31N7/c1-2-7-20(8-3-1)31-24(26-27-28-31)23(30-15-14-29-13-5-9-21(29)17-30)19-10-11-22-18(16-19)6-4-12-25-22/h4,6,10-12,16,20-21,23H,1-3,5,7-9,13-15,17H2/t21-,23+/m1/s1. The van der Waals surface area contributed by atoms with Gasteiger partial charge in [0, 0.05) is 37.3 Å². The highest BCUT2D eigenvalue weighted by molar-refractivity contribution is 5.79. The van der Waals surface area contributed by atoms with Gasteiger partial charge in [0.05, 0.1) is 17.6 Å². The number of piperazine rings is 1. The number of tetrazole rings is 1. The van der Waals surface area contributed by atoms with Crippen LogP contribution in [-0.2, 0) is 0 Å². The number of rotatable bonds is 4. The van der Waals surface area contributed by atoms with Crippen molar-refractivity contribution in [3.8, 4) is 0 Å². The number of pyridine rings is 1. The first-order valence-corrected chi connectivity index (χ1v) is 12.0. The smallest absolute Gasteiger partial charge is 0.173 e. The fourth-order valence-electron chi connectivity index (χ4n) is 6.00. The largest absolute Gasteiger partial charge is 0.298 e. The minimum Gasteiger partial charge on any atom is -0.298 e. The average molecular weight is 418 g/mol. The molecule has 0 N–H and O–H groups in total. The number of hydrogen-bond donors (Lipinski definition) is 0. The van der Waals surface area contributed by atoms with Crippen LogP contribution in [0, 0.1) is 0 Å². The number of fused-ring (bicyclic) bond motifs is 2. The van der Waals surface area contributed by atoms with Gasteiger partial charge in [-0.05, 0) is 66.4 Å². The molecular formula is C24H31N7. The molecule has 1 aliphatic carbocycles. The molecule has 3 aromatic rings. The molecule has 1 aromatic carbocycles. The molecule has 7 heteroatoms. The molecule has 6 rings (SSSR count). The second-order valence-electron chi connectivity index (χ2n) is 9.46. The first-order chi connectivity index (χ1) is 15.4. The van der Waals surface area contributed by atoms with Crippen molar-refractivity contribution >= 4 is 10.9 Å². The molecule has 0 unspecified atom stereocenters. The van der Waals surface area contributed by atoms with Gasteiger partial charge in [-0.1, -0.05) is 31.4 Å². The van der Waals surface area contributed by atoms with Crippen molar-refractivity contribution < 1.29 is 0 Å². The van der Waals surface area contributed by atoms with Crippen molar-refractivity contribution in [2.75, 3.05) is 26.2 Å². The molecule has 0 spiro atoms. The Kier molecular flexibility index (Phi) is 5.16. The van der Waals surface area contributed by atoms with E-state index < -0.39 is 0 Å². The van der Waals surface area contributed by atoms with E-state index in [0.29, 0.717) is 12.1 Å². The van der Waals surface area contributed by atoms with Gasteiger partial charge in [0.1, 0.15) is 0 Å². The Labute approximate surface area is 183 Å². The normalized spacial score (nSPS) is 24.5. The summed E-state index contributed by atoms with van der Waals surface area (Å²) in [5.74, 6) is 1.02. The molecule has 2 atom stereocenters. The van der Waals surface area contributed by atoms with Crippen LogP contribution in [0.25, 0.3) is 10.9 Å². The molecule has 2 aromatic heterocycles. The summed E-state index contributed by atoms with van der Waals surface area (Å²) in [5.41, 5.74) is 2.32. The zero-order valence-electron chi connectivity index (χ0n) is 18.1. The molecule has 3 fully saturated rings. The van der Waals surface area contributed by atoms with E-state index in [1.807, 2.05) is 12.3 Å². The van der Waals surface area contributed by atoms with Crippen molar-refractivity contribution in [1.29, 1.82) is 0 Å². The summed E-state index contributed by atoms with van der Waals surface area (Å²) < 4.78 is 2.16. The van der Waals surface area contributed by atoms with E-state index in [9.17, 15) is 0 Å². The Morgan fingerprint density at radius 2 is 1.81 bits per heavy atom. The van der Waals surface area contributed by atoms with Crippen molar-refractivity contribution in [2.45, 2.75) is 63.1 Å². The predicted molar refractivity (Wildman–Crippen MR) is 120 cm³/mol. The fraction of sp³-hybridized carbons (Fsp3) is 0.583. The Balaban J connectivity index is 1.41. The minimum absolute atomic E-state index is 0.0873. The van der Waals surface area contributed by atoms with Crippen LogP contribution in [0.2, 0.25) is 0 Å². The van der Waals surface area contributed by atoms with Crippen LogP contribution >= 0.6 is 0 Å². The van der Waals surface area contributed by atoms with Gasteiger partial charge < -0.3 is 0 Å². The molecule has 0 radical (unpaired) electrons. The Morgan fingerprint density at radius 1 is 0.903 bits per heavy atom. The summed E-state index contributed by atoms with van der Waals surface area (Å²) in [6.07, 6.45) is 10.7. The molecule has 2 aliphatic heterocycles. The van der Waals surface area contributed by atoms with Gasteiger partial charge in [-0.15, -0.1) is 5.10 Å². The Hall–Kier alpha value is -2.38. The Morgan fingerprint density at radius 3 is 2.74 bits per heavy atom. The van der Waals surface area contributed by atoms with E-state index in [0.717, 1.165) is 31.0 Å². The third-order valence-corrected chi connectivity index (χ3v) is 7.61. The van der Waals surface area contributed by atoms with Crippen molar-refractivity contribution in [3.63, 3.8) is 0 Å². The highest BCUT2D eigenvalue weighted by Gasteiger charge is 2.37. The van der Waals surface area contributed by atoms with E-state index in [1.165, 1.54) is 62.4 Å². The highest BCUT2D eigenvalue weighted by Crippen LogP contribution is 2.36. The van der Waals surface area contributed by atoms with E-state index in [1.54, 1.807) is 0 Å². The monoisotopic (exact) mass is 417 g/mol. The summed E-state index contributed by atoms with van der Waals surface area (Å²) in [7, 11) is 0. The summed E-state index contributed by atoms with van der Waals surface area (Å²) in [4.78, 5) is 9.83. The van der Waals surface area contributed by atoms with Gasteiger partial charge in [0.15, 0.2) is 5.82 Å². The lowest BCUT2D eigenvalue weighted by atomic mass is 9.94. The van der Waals surface area contributed by atoms with Crippen LogP contribution in [0.15, 0.2) is 36.5 Å². The lowest BCUT2D eigenvalue weighted by Crippen LogP contribution is -2.51. The van der Waals surface area contributed by atoms with Gasteiger partial charge in [0.2, 0.25) is 0 Å². The third kappa shape index (κ3) is 3.64. The molecule has 0 bridgehead atoms. The van der Waals surface area contributed by atoms with Crippen LogP contribution < -0.4 is 0 Å². The zero-order valence-corrected chi connectivity index (χ0v) is 18.1. The van der Waals surface area contributed by atoms with E-state index in [-0.39, 0.29) is 6.04 Å². The molecule has 1 saturated carbocycles. The van der Waals surface area contributed by atoms with Crippen LogP contribution in [0.3, 0.4) is 0 Å². The second kappa shape index (κ2) is 8.28. The lowest BCUT2D eigenvalue weighted by molar-refractivity contribution is 0.0782.